The van der Waals surface area contributed by atoms with Crippen molar-refractivity contribution in [2.75, 3.05) is 10.6 Å². The molecule has 1 atom stereocenters. The van der Waals surface area contributed by atoms with Gasteiger partial charge in [-0.2, -0.15) is 0 Å². The Morgan fingerprint density at radius 3 is 2.68 bits per heavy atom. The van der Waals surface area contributed by atoms with E-state index in [1.165, 1.54) is 0 Å². The number of nitrogens with one attached hydrogen (secondary N) is 2. The number of hydrogen-bond acceptors (Lipinski definition) is 3. The number of pyridine rings is 1. The highest BCUT2D eigenvalue weighted by Crippen LogP contribution is 2.20. The van der Waals surface area contributed by atoms with Gasteiger partial charge in [0.05, 0.1) is 11.7 Å². The van der Waals surface area contributed by atoms with Crippen molar-refractivity contribution in [3.63, 3.8) is 0 Å². The van der Waals surface area contributed by atoms with Gasteiger partial charge in [-0.3, -0.25) is 4.98 Å². The third-order valence-electron chi connectivity index (χ3n) is 2.64. The van der Waals surface area contributed by atoms with E-state index in [9.17, 15) is 4.79 Å². The van der Waals surface area contributed by atoms with Crippen molar-refractivity contribution in [3.05, 3.63) is 54.4 Å². The molecule has 0 saturated carbocycles. The van der Waals surface area contributed by atoms with E-state index in [2.05, 4.69) is 15.6 Å². The van der Waals surface area contributed by atoms with Crippen LogP contribution in [0.4, 0.5) is 16.2 Å². The van der Waals surface area contributed by atoms with Crippen LogP contribution < -0.4 is 16.4 Å². The fourth-order valence-corrected chi connectivity index (χ4v) is 1.79. The summed E-state index contributed by atoms with van der Waals surface area (Å²) in [5.74, 6) is 0. The Morgan fingerprint density at radius 2 is 2.00 bits per heavy atom. The smallest absolute Gasteiger partial charge is 0.316 e. The van der Waals surface area contributed by atoms with E-state index in [4.69, 9.17) is 5.73 Å². The fraction of sp³-hybridized carbons (Fsp3) is 0.143. The standard InChI is InChI=1S/C14H16N4O/c1-10(13-7-2-3-8-16-13)17-11-5-4-6-12(9-11)18-14(15)19/h2-10,17H,1H3,(H3,15,18,19). The molecule has 5 heteroatoms. The first-order chi connectivity index (χ1) is 9.15. The molecule has 0 bridgehead atoms. The first kappa shape index (κ1) is 12.9. The van der Waals surface area contributed by atoms with Gasteiger partial charge in [0.1, 0.15) is 0 Å². The molecule has 4 N–H and O–H groups in total. The zero-order valence-electron chi connectivity index (χ0n) is 10.6. The molecule has 2 aromatic rings. The van der Waals surface area contributed by atoms with Gasteiger partial charge in [-0.05, 0) is 37.3 Å². The second-order valence-electron chi connectivity index (χ2n) is 4.19. The number of benzene rings is 1. The highest BCUT2D eigenvalue weighted by atomic mass is 16.2. The molecule has 98 valence electrons. The van der Waals surface area contributed by atoms with Crippen molar-refractivity contribution in [1.29, 1.82) is 0 Å². The van der Waals surface area contributed by atoms with E-state index in [0.29, 0.717) is 5.69 Å². The van der Waals surface area contributed by atoms with Gasteiger partial charge >= 0.3 is 6.03 Å². The Kier molecular flexibility index (Phi) is 3.97. The summed E-state index contributed by atoms with van der Waals surface area (Å²) in [6, 6.07) is 12.7. The first-order valence-corrected chi connectivity index (χ1v) is 5.99. The lowest BCUT2D eigenvalue weighted by Crippen LogP contribution is -2.19. The predicted molar refractivity (Wildman–Crippen MR) is 75.9 cm³/mol. The maximum Gasteiger partial charge on any atom is 0.316 e. The van der Waals surface area contributed by atoms with Crippen molar-refractivity contribution < 1.29 is 4.79 Å². The monoisotopic (exact) mass is 256 g/mol. The summed E-state index contributed by atoms with van der Waals surface area (Å²) in [5, 5.41) is 5.86. The minimum Gasteiger partial charge on any atom is -0.377 e. The predicted octanol–water partition coefficient (Wildman–Crippen LogP) is 2.75. The number of rotatable bonds is 4. The molecule has 0 saturated heterocycles. The molecule has 0 radical (unpaired) electrons. The molecular formula is C14H16N4O. The highest BCUT2D eigenvalue weighted by molar-refractivity contribution is 5.88. The number of hydrogen-bond donors (Lipinski definition) is 3. The van der Waals surface area contributed by atoms with Gasteiger partial charge in [0.15, 0.2) is 0 Å². The van der Waals surface area contributed by atoms with Gasteiger partial charge in [-0.15, -0.1) is 0 Å². The minimum absolute atomic E-state index is 0.0741. The molecule has 0 aliphatic rings. The lowest BCUT2D eigenvalue weighted by molar-refractivity contribution is 0.259. The first-order valence-electron chi connectivity index (χ1n) is 5.99. The third kappa shape index (κ3) is 3.70. The molecule has 5 nitrogen and oxygen atoms in total. The number of urea groups is 1. The van der Waals surface area contributed by atoms with Crippen LogP contribution in [-0.4, -0.2) is 11.0 Å². The maximum atomic E-state index is 10.8. The van der Waals surface area contributed by atoms with E-state index in [1.807, 2.05) is 43.3 Å². The molecule has 1 heterocycles. The van der Waals surface area contributed by atoms with E-state index in [-0.39, 0.29) is 6.04 Å². The van der Waals surface area contributed by atoms with Crippen LogP contribution >= 0.6 is 0 Å². The van der Waals surface area contributed by atoms with Crippen LogP contribution in [0, 0.1) is 0 Å². The van der Waals surface area contributed by atoms with E-state index in [0.717, 1.165) is 11.4 Å². The average molecular weight is 256 g/mol. The molecule has 1 unspecified atom stereocenters. The number of aromatic nitrogens is 1. The van der Waals surface area contributed by atoms with Crippen molar-refractivity contribution >= 4 is 17.4 Å². The molecular weight excluding hydrogens is 240 g/mol. The summed E-state index contributed by atoms with van der Waals surface area (Å²) >= 11 is 0. The zero-order valence-corrected chi connectivity index (χ0v) is 10.6. The number of nitrogens with zero attached hydrogens (tertiary/aromatic N) is 1. The lowest BCUT2D eigenvalue weighted by Gasteiger charge is -2.15. The SMILES string of the molecule is CC(Nc1cccc(NC(N)=O)c1)c1ccccn1. The summed E-state index contributed by atoms with van der Waals surface area (Å²) in [5.41, 5.74) is 7.59. The summed E-state index contributed by atoms with van der Waals surface area (Å²) in [4.78, 5) is 15.1. The number of carbonyl (C=O) groups is 1. The van der Waals surface area contributed by atoms with Gasteiger partial charge in [0, 0.05) is 17.6 Å². The third-order valence-corrected chi connectivity index (χ3v) is 2.64. The molecule has 2 rings (SSSR count). The van der Waals surface area contributed by atoms with Crippen molar-refractivity contribution in [3.8, 4) is 0 Å². The van der Waals surface area contributed by atoms with Crippen LogP contribution in [-0.2, 0) is 0 Å². The van der Waals surface area contributed by atoms with Crippen LogP contribution in [0.3, 0.4) is 0 Å². The quantitative estimate of drug-likeness (QED) is 0.786. The summed E-state index contributed by atoms with van der Waals surface area (Å²) in [6.07, 6.45) is 1.76. The van der Waals surface area contributed by atoms with Gasteiger partial charge in [-0.25, -0.2) is 4.79 Å². The van der Waals surface area contributed by atoms with E-state index in [1.54, 1.807) is 12.3 Å². The number of anilines is 2. The average Bonchev–Trinajstić information content (AvgIpc) is 2.39. The summed E-state index contributed by atoms with van der Waals surface area (Å²) in [7, 11) is 0. The molecule has 0 spiro atoms. The fourth-order valence-electron chi connectivity index (χ4n) is 1.79. The Balaban J connectivity index is 2.08. The molecule has 0 aliphatic heterocycles. The topological polar surface area (TPSA) is 80.0 Å². The molecule has 2 amide bonds. The van der Waals surface area contributed by atoms with Gasteiger partial charge in [0.2, 0.25) is 0 Å². The lowest BCUT2D eigenvalue weighted by atomic mass is 10.2. The summed E-state index contributed by atoms with van der Waals surface area (Å²) in [6.45, 7) is 2.02. The normalized spacial score (nSPS) is 11.6. The molecule has 1 aromatic heterocycles. The molecule has 0 fully saturated rings. The largest absolute Gasteiger partial charge is 0.377 e. The van der Waals surface area contributed by atoms with Crippen molar-refractivity contribution in [2.24, 2.45) is 5.73 Å². The zero-order chi connectivity index (χ0) is 13.7. The number of carbonyl (C=O) groups excluding carboxylic acids is 1. The highest BCUT2D eigenvalue weighted by Gasteiger charge is 2.06. The molecule has 1 aromatic carbocycles. The van der Waals surface area contributed by atoms with E-state index < -0.39 is 6.03 Å². The van der Waals surface area contributed by atoms with Gasteiger partial charge < -0.3 is 16.4 Å². The Labute approximate surface area is 111 Å². The van der Waals surface area contributed by atoms with E-state index >= 15 is 0 Å². The minimum atomic E-state index is -0.574. The second-order valence-corrected chi connectivity index (χ2v) is 4.19. The van der Waals surface area contributed by atoms with Gasteiger partial charge in [0.25, 0.3) is 0 Å². The van der Waals surface area contributed by atoms with Crippen LogP contribution in [0.5, 0.6) is 0 Å². The van der Waals surface area contributed by atoms with Crippen LogP contribution in [0.15, 0.2) is 48.7 Å². The number of primary amides is 1. The molecule has 19 heavy (non-hydrogen) atoms. The number of amides is 2. The Hall–Kier alpha value is -2.56. The Bertz CT molecular complexity index is 556. The second kappa shape index (κ2) is 5.86. The summed E-state index contributed by atoms with van der Waals surface area (Å²) < 4.78 is 0. The van der Waals surface area contributed by atoms with Crippen molar-refractivity contribution in [1.82, 2.24) is 4.98 Å². The van der Waals surface area contributed by atoms with Crippen LogP contribution in [0.2, 0.25) is 0 Å². The maximum absolute atomic E-state index is 10.8. The number of nitrogens with two attached hydrogens (primary N) is 1. The molecule has 0 aliphatic carbocycles. The Morgan fingerprint density at radius 1 is 1.21 bits per heavy atom. The van der Waals surface area contributed by atoms with Crippen LogP contribution in [0.25, 0.3) is 0 Å². The van der Waals surface area contributed by atoms with Gasteiger partial charge in [-0.1, -0.05) is 12.1 Å². The van der Waals surface area contributed by atoms with Crippen LogP contribution in [0.1, 0.15) is 18.7 Å². The van der Waals surface area contributed by atoms with Crippen molar-refractivity contribution in [2.45, 2.75) is 13.0 Å².